The number of aliphatic hydroxyl groups is 1. The summed E-state index contributed by atoms with van der Waals surface area (Å²) in [5, 5.41) is 10.1. The Kier molecular flexibility index (Phi) is 5.40. The van der Waals surface area contributed by atoms with Crippen LogP contribution in [0.25, 0.3) is 0 Å². The van der Waals surface area contributed by atoms with Crippen molar-refractivity contribution in [1.29, 1.82) is 0 Å². The first-order chi connectivity index (χ1) is 10.6. The Hall–Kier alpha value is -0.610. The molecule has 3 saturated carbocycles. The van der Waals surface area contributed by atoms with Gasteiger partial charge in [0.25, 0.3) is 0 Å². The number of nitrogens with zero attached hydrogens (tertiary/aromatic N) is 2. The summed E-state index contributed by atoms with van der Waals surface area (Å²) in [6.45, 7) is 1.38. The lowest BCUT2D eigenvalue weighted by Crippen LogP contribution is -2.46. The third-order valence-corrected chi connectivity index (χ3v) is 5.77. The van der Waals surface area contributed by atoms with E-state index in [1.54, 1.807) is 0 Å². The molecule has 0 spiro atoms. The molecule has 3 fully saturated rings. The fraction of sp³-hybridized carbons (Fsp3) is 0.944. The van der Waals surface area contributed by atoms with Crippen molar-refractivity contribution in [2.75, 3.05) is 20.1 Å². The molecule has 4 nitrogen and oxygen atoms in total. The van der Waals surface area contributed by atoms with Crippen LogP contribution >= 0.6 is 0 Å². The predicted octanol–water partition coefficient (Wildman–Crippen LogP) is 2.40. The van der Waals surface area contributed by atoms with Crippen LogP contribution in [0.5, 0.6) is 0 Å². The zero-order valence-corrected chi connectivity index (χ0v) is 14.0. The summed E-state index contributed by atoms with van der Waals surface area (Å²) in [6.07, 6.45) is 11.6. The first kappa shape index (κ1) is 16.3. The van der Waals surface area contributed by atoms with E-state index >= 15 is 0 Å². The summed E-state index contributed by atoms with van der Waals surface area (Å²) in [5.41, 5.74) is 0. The number of likely N-dealkylation sites (N-methyl/N-ethyl adjacent to an activating group) is 1. The van der Waals surface area contributed by atoms with Crippen LogP contribution < -0.4 is 0 Å². The van der Waals surface area contributed by atoms with Crippen LogP contribution in [0.2, 0.25) is 0 Å². The summed E-state index contributed by atoms with van der Waals surface area (Å²) in [6, 6.07) is 1.04. The lowest BCUT2D eigenvalue weighted by atomic mass is 9.86. The van der Waals surface area contributed by atoms with E-state index in [9.17, 15) is 9.90 Å². The molecule has 4 heteroatoms. The molecule has 0 aliphatic heterocycles. The molecular weight excluding hydrogens is 276 g/mol. The SMILES string of the molecule is CN(CC(=O)N(C1CCCC1)C1CC1)CC1CCCCC1O. The van der Waals surface area contributed by atoms with Gasteiger partial charge < -0.3 is 10.0 Å². The van der Waals surface area contributed by atoms with Crippen molar-refractivity contribution in [2.24, 2.45) is 5.92 Å². The van der Waals surface area contributed by atoms with Gasteiger partial charge in [-0.2, -0.15) is 0 Å². The highest BCUT2D eigenvalue weighted by Crippen LogP contribution is 2.34. The second-order valence-electron chi connectivity index (χ2n) is 7.78. The summed E-state index contributed by atoms with van der Waals surface area (Å²) in [7, 11) is 2.04. The van der Waals surface area contributed by atoms with Gasteiger partial charge in [0, 0.05) is 18.6 Å². The first-order valence-corrected chi connectivity index (χ1v) is 9.33. The van der Waals surface area contributed by atoms with E-state index in [4.69, 9.17) is 0 Å². The standard InChI is InChI=1S/C18H32N2O2/c1-19(12-14-6-2-5-9-17(14)21)13-18(22)20(16-10-11-16)15-7-3-4-8-15/h14-17,21H,2-13H2,1H3. The summed E-state index contributed by atoms with van der Waals surface area (Å²) < 4.78 is 0. The molecule has 1 amide bonds. The van der Waals surface area contributed by atoms with Gasteiger partial charge >= 0.3 is 0 Å². The van der Waals surface area contributed by atoms with E-state index < -0.39 is 0 Å². The van der Waals surface area contributed by atoms with E-state index in [2.05, 4.69) is 9.80 Å². The minimum absolute atomic E-state index is 0.166. The van der Waals surface area contributed by atoms with Crippen molar-refractivity contribution in [2.45, 2.75) is 82.4 Å². The molecule has 3 aliphatic carbocycles. The van der Waals surface area contributed by atoms with Gasteiger partial charge in [-0.3, -0.25) is 9.69 Å². The zero-order chi connectivity index (χ0) is 15.5. The maximum atomic E-state index is 12.8. The highest BCUT2D eigenvalue weighted by atomic mass is 16.3. The monoisotopic (exact) mass is 308 g/mol. The Morgan fingerprint density at radius 2 is 1.55 bits per heavy atom. The summed E-state index contributed by atoms with van der Waals surface area (Å²) in [4.78, 5) is 17.1. The maximum absolute atomic E-state index is 12.8. The van der Waals surface area contributed by atoms with Crippen LogP contribution in [0.1, 0.15) is 64.2 Å². The Labute approximate surface area is 134 Å². The molecule has 0 aromatic heterocycles. The number of hydrogen-bond donors (Lipinski definition) is 1. The van der Waals surface area contributed by atoms with Crippen molar-refractivity contribution in [3.8, 4) is 0 Å². The van der Waals surface area contributed by atoms with Gasteiger partial charge in [-0.25, -0.2) is 0 Å². The number of amides is 1. The largest absolute Gasteiger partial charge is 0.393 e. The van der Waals surface area contributed by atoms with E-state index in [-0.39, 0.29) is 6.10 Å². The molecule has 2 unspecified atom stereocenters. The van der Waals surface area contributed by atoms with Gasteiger partial charge in [0.1, 0.15) is 0 Å². The van der Waals surface area contributed by atoms with E-state index in [1.165, 1.54) is 44.9 Å². The highest BCUT2D eigenvalue weighted by molar-refractivity contribution is 5.79. The molecule has 3 rings (SSSR count). The minimum Gasteiger partial charge on any atom is -0.393 e. The second-order valence-corrected chi connectivity index (χ2v) is 7.78. The van der Waals surface area contributed by atoms with Gasteiger partial charge in [-0.05, 0) is 51.5 Å². The third kappa shape index (κ3) is 4.02. The van der Waals surface area contributed by atoms with Gasteiger partial charge in [-0.15, -0.1) is 0 Å². The van der Waals surface area contributed by atoms with Crippen molar-refractivity contribution < 1.29 is 9.90 Å². The minimum atomic E-state index is -0.166. The van der Waals surface area contributed by atoms with Crippen molar-refractivity contribution in [3.05, 3.63) is 0 Å². The molecule has 2 atom stereocenters. The molecule has 0 bridgehead atoms. The molecule has 3 aliphatic rings. The first-order valence-electron chi connectivity index (χ1n) is 9.33. The summed E-state index contributed by atoms with van der Waals surface area (Å²) >= 11 is 0. The smallest absolute Gasteiger partial charge is 0.237 e. The molecule has 0 aromatic rings. The Morgan fingerprint density at radius 1 is 0.955 bits per heavy atom. The van der Waals surface area contributed by atoms with Crippen LogP contribution in [-0.2, 0) is 4.79 Å². The van der Waals surface area contributed by atoms with Crippen molar-refractivity contribution >= 4 is 5.91 Å². The summed E-state index contributed by atoms with van der Waals surface area (Å²) in [5.74, 6) is 0.676. The Balaban J connectivity index is 1.50. The Bertz CT molecular complexity index is 377. The lowest BCUT2D eigenvalue weighted by Gasteiger charge is -2.34. The number of hydrogen-bond acceptors (Lipinski definition) is 3. The normalized spacial score (nSPS) is 30.0. The van der Waals surface area contributed by atoms with E-state index in [0.29, 0.717) is 30.5 Å². The fourth-order valence-electron chi connectivity index (χ4n) is 4.42. The van der Waals surface area contributed by atoms with Crippen molar-refractivity contribution in [1.82, 2.24) is 9.80 Å². The van der Waals surface area contributed by atoms with E-state index in [1.807, 2.05) is 7.05 Å². The number of aliphatic hydroxyl groups excluding tert-OH is 1. The van der Waals surface area contributed by atoms with Gasteiger partial charge in [0.05, 0.1) is 12.6 Å². The van der Waals surface area contributed by atoms with E-state index in [0.717, 1.165) is 25.8 Å². The highest BCUT2D eigenvalue weighted by Gasteiger charge is 2.38. The average molecular weight is 308 g/mol. The average Bonchev–Trinajstić information content (AvgIpc) is 3.16. The molecule has 0 heterocycles. The fourth-order valence-corrected chi connectivity index (χ4v) is 4.42. The van der Waals surface area contributed by atoms with Gasteiger partial charge in [0.15, 0.2) is 0 Å². The van der Waals surface area contributed by atoms with Crippen LogP contribution in [0.4, 0.5) is 0 Å². The van der Waals surface area contributed by atoms with Crippen LogP contribution in [0.15, 0.2) is 0 Å². The molecule has 1 N–H and O–H groups in total. The molecule has 126 valence electrons. The van der Waals surface area contributed by atoms with Crippen molar-refractivity contribution in [3.63, 3.8) is 0 Å². The van der Waals surface area contributed by atoms with Crippen LogP contribution in [0, 0.1) is 5.92 Å². The van der Waals surface area contributed by atoms with Gasteiger partial charge in [0.2, 0.25) is 5.91 Å². The third-order valence-electron chi connectivity index (χ3n) is 5.77. The maximum Gasteiger partial charge on any atom is 0.237 e. The quantitative estimate of drug-likeness (QED) is 0.819. The van der Waals surface area contributed by atoms with Crippen LogP contribution in [-0.4, -0.2) is 59.1 Å². The number of rotatable bonds is 6. The molecule has 0 radical (unpaired) electrons. The molecular formula is C18H32N2O2. The topological polar surface area (TPSA) is 43.8 Å². The zero-order valence-electron chi connectivity index (χ0n) is 14.0. The number of carbonyl (C=O) groups is 1. The van der Waals surface area contributed by atoms with Gasteiger partial charge in [-0.1, -0.05) is 25.7 Å². The number of carbonyl (C=O) groups excluding carboxylic acids is 1. The molecule has 22 heavy (non-hydrogen) atoms. The predicted molar refractivity (Wildman–Crippen MR) is 87.6 cm³/mol. The van der Waals surface area contributed by atoms with Crippen LogP contribution in [0.3, 0.4) is 0 Å². The molecule has 0 saturated heterocycles. The Morgan fingerprint density at radius 3 is 2.18 bits per heavy atom. The lowest BCUT2D eigenvalue weighted by molar-refractivity contribution is -0.135. The second kappa shape index (κ2) is 7.31. The molecule has 0 aromatic carbocycles.